The molecule has 0 bridgehead atoms. The van der Waals surface area contributed by atoms with Gasteiger partial charge in [0.15, 0.2) is 5.65 Å². The fourth-order valence-corrected chi connectivity index (χ4v) is 5.00. The molecule has 6 nitrogen and oxygen atoms in total. The van der Waals surface area contributed by atoms with Crippen LogP contribution in [0.25, 0.3) is 11.2 Å². The van der Waals surface area contributed by atoms with Gasteiger partial charge in [0.2, 0.25) is 10.0 Å². The van der Waals surface area contributed by atoms with Gasteiger partial charge in [0.05, 0.1) is 11.4 Å². The number of nitrogens with zero attached hydrogens (tertiary/aromatic N) is 3. The van der Waals surface area contributed by atoms with Crippen LogP contribution in [0.15, 0.2) is 47.5 Å². The van der Waals surface area contributed by atoms with Gasteiger partial charge in [-0.3, -0.25) is 0 Å². The monoisotopic (exact) mass is 412 g/mol. The van der Waals surface area contributed by atoms with Gasteiger partial charge in [-0.25, -0.2) is 23.1 Å². The molecule has 7 heteroatoms. The van der Waals surface area contributed by atoms with E-state index >= 15 is 0 Å². The minimum absolute atomic E-state index is 0.0190. The van der Waals surface area contributed by atoms with Crippen molar-refractivity contribution in [2.45, 2.75) is 69.4 Å². The Balaban J connectivity index is 1.60. The molecular weight excluding hydrogens is 384 g/mol. The number of hydrogen-bond donors (Lipinski definition) is 1. The van der Waals surface area contributed by atoms with Crippen LogP contribution in [0.2, 0.25) is 0 Å². The third-order valence-corrected chi connectivity index (χ3v) is 7.08. The number of nitrogens with one attached hydrogen (secondary N) is 1. The molecule has 1 aliphatic rings. The van der Waals surface area contributed by atoms with E-state index in [1.54, 1.807) is 18.3 Å². The zero-order valence-electron chi connectivity index (χ0n) is 17.2. The first-order valence-corrected chi connectivity index (χ1v) is 11.7. The van der Waals surface area contributed by atoms with E-state index in [0.717, 1.165) is 35.4 Å². The van der Waals surface area contributed by atoms with Crippen LogP contribution in [0.4, 0.5) is 0 Å². The van der Waals surface area contributed by atoms with Crippen molar-refractivity contribution in [3.8, 4) is 0 Å². The van der Waals surface area contributed by atoms with Gasteiger partial charge in [-0.1, -0.05) is 45.7 Å². The minimum atomic E-state index is -3.62. The van der Waals surface area contributed by atoms with Crippen molar-refractivity contribution in [2.24, 2.45) is 0 Å². The lowest BCUT2D eigenvalue weighted by atomic mass is 9.87. The van der Waals surface area contributed by atoms with E-state index in [1.165, 1.54) is 12.8 Å². The number of rotatable bonds is 5. The molecule has 0 atom stereocenters. The van der Waals surface area contributed by atoms with Gasteiger partial charge in [0, 0.05) is 12.2 Å². The Hall–Kier alpha value is -2.25. The Labute approximate surface area is 172 Å². The van der Waals surface area contributed by atoms with E-state index < -0.39 is 10.0 Å². The average molecular weight is 413 g/mol. The molecular formula is C22H28N4O2S. The van der Waals surface area contributed by atoms with Gasteiger partial charge in [0.1, 0.15) is 11.3 Å². The topological polar surface area (TPSA) is 76.9 Å². The number of pyridine rings is 1. The first-order chi connectivity index (χ1) is 13.8. The van der Waals surface area contributed by atoms with Gasteiger partial charge in [-0.05, 0) is 48.1 Å². The molecule has 1 saturated carbocycles. The molecule has 0 radical (unpaired) electrons. The lowest BCUT2D eigenvalue weighted by Crippen LogP contribution is -2.26. The first-order valence-electron chi connectivity index (χ1n) is 10.2. The molecule has 3 aromatic rings. The van der Waals surface area contributed by atoms with E-state index in [4.69, 9.17) is 0 Å². The third-order valence-electron chi connectivity index (χ3n) is 5.66. The maximum Gasteiger partial charge on any atom is 0.240 e. The predicted molar refractivity (Wildman–Crippen MR) is 114 cm³/mol. The summed E-state index contributed by atoms with van der Waals surface area (Å²) in [5.74, 6) is 0.723. The zero-order valence-corrected chi connectivity index (χ0v) is 18.0. The molecule has 2 heterocycles. The standard InChI is InChI=1S/C22H28N4O2S/c1-22(2,3)16-10-12-18(13-11-16)29(27,28)24-15-20-25-19-9-6-14-23-21(19)26(20)17-7-4-5-8-17/h6,9-14,17,24H,4-5,7-8,15H2,1-3H3. The summed E-state index contributed by atoms with van der Waals surface area (Å²) < 4.78 is 30.6. The van der Waals surface area contributed by atoms with Gasteiger partial charge in [-0.15, -0.1) is 0 Å². The lowest BCUT2D eigenvalue weighted by molar-refractivity contribution is 0.502. The summed E-state index contributed by atoms with van der Waals surface area (Å²) in [6, 6.07) is 11.2. The molecule has 154 valence electrons. The molecule has 29 heavy (non-hydrogen) atoms. The summed E-state index contributed by atoms with van der Waals surface area (Å²) in [6.07, 6.45) is 6.29. The molecule has 0 unspecified atom stereocenters. The second-order valence-electron chi connectivity index (χ2n) is 8.78. The maximum atomic E-state index is 12.9. The van der Waals surface area contributed by atoms with Gasteiger partial charge >= 0.3 is 0 Å². The second kappa shape index (κ2) is 7.54. The Morgan fingerprint density at radius 2 is 1.79 bits per heavy atom. The number of imidazole rings is 1. The van der Waals surface area contributed by atoms with Crippen molar-refractivity contribution in [2.75, 3.05) is 0 Å². The van der Waals surface area contributed by atoms with Crippen LogP contribution in [0.5, 0.6) is 0 Å². The highest BCUT2D eigenvalue weighted by Crippen LogP contribution is 2.33. The normalized spacial score (nSPS) is 16.0. The molecule has 0 spiro atoms. The molecule has 0 amide bonds. The fraction of sp³-hybridized carbons (Fsp3) is 0.455. The number of hydrogen-bond acceptors (Lipinski definition) is 4. The molecule has 0 aliphatic heterocycles. The molecule has 1 aromatic carbocycles. The van der Waals surface area contributed by atoms with Crippen molar-refractivity contribution < 1.29 is 8.42 Å². The van der Waals surface area contributed by atoms with Crippen LogP contribution in [0.3, 0.4) is 0 Å². The zero-order chi connectivity index (χ0) is 20.6. The number of benzene rings is 1. The number of aromatic nitrogens is 3. The van der Waals surface area contributed by atoms with Gasteiger partial charge < -0.3 is 4.57 Å². The quantitative estimate of drug-likeness (QED) is 0.677. The van der Waals surface area contributed by atoms with E-state index in [2.05, 4.69) is 40.0 Å². The summed E-state index contributed by atoms with van der Waals surface area (Å²) in [6.45, 7) is 6.47. The van der Waals surface area contributed by atoms with Crippen LogP contribution in [0.1, 0.15) is 63.9 Å². The molecule has 4 rings (SSSR count). The highest BCUT2D eigenvalue weighted by Gasteiger charge is 2.24. The Morgan fingerprint density at radius 3 is 2.45 bits per heavy atom. The Kier molecular flexibility index (Phi) is 5.21. The smallest absolute Gasteiger partial charge is 0.240 e. The van der Waals surface area contributed by atoms with E-state index in [-0.39, 0.29) is 16.9 Å². The highest BCUT2D eigenvalue weighted by molar-refractivity contribution is 7.89. The SMILES string of the molecule is CC(C)(C)c1ccc(S(=O)(=O)NCc2nc3cccnc3n2C2CCCC2)cc1. The summed E-state index contributed by atoms with van der Waals surface area (Å²) >= 11 is 0. The van der Waals surface area contributed by atoms with Crippen LogP contribution in [-0.4, -0.2) is 23.0 Å². The molecule has 0 saturated heterocycles. The van der Waals surface area contributed by atoms with E-state index in [9.17, 15) is 8.42 Å². The average Bonchev–Trinajstić information content (AvgIpc) is 3.33. The molecule has 1 N–H and O–H groups in total. The second-order valence-corrected chi connectivity index (χ2v) is 10.5. The van der Waals surface area contributed by atoms with Gasteiger partial charge in [-0.2, -0.15) is 0 Å². The van der Waals surface area contributed by atoms with E-state index in [0.29, 0.717) is 6.04 Å². The van der Waals surface area contributed by atoms with E-state index in [1.807, 2.05) is 24.3 Å². The van der Waals surface area contributed by atoms with Crippen molar-refractivity contribution in [3.63, 3.8) is 0 Å². The maximum absolute atomic E-state index is 12.9. The molecule has 2 aromatic heterocycles. The lowest BCUT2D eigenvalue weighted by Gasteiger charge is -2.19. The highest BCUT2D eigenvalue weighted by atomic mass is 32.2. The molecule has 1 aliphatic carbocycles. The third kappa shape index (κ3) is 4.07. The van der Waals surface area contributed by atoms with Crippen LogP contribution in [0, 0.1) is 0 Å². The molecule has 1 fully saturated rings. The Bertz CT molecular complexity index is 1110. The van der Waals surface area contributed by atoms with Crippen LogP contribution < -0.4 is 4.72 Å². The summed E-state index contributed by atoms with van der Waals surface area (Å²) in [4.78, 5) is 9.45. The Morgan fingerprint density at radius 1 is 1.10 bits per heavy atom. The van der Waals surface area contributed by atoms with Crippen LogP contribution >= 0.6 is 0 Å². The number of fused-ring (bicyclic) bond motifs is 1. The largest absolute Gasteiger partial charge is 0.308 e. The summed E-state index contributed by atoms with van der Waals surface area (Å²) in [7, 11) is -3.62. The van der Waals surface area contributed by atoms with Crippen molar-refractivity contribution in [1.82, 2.24) is 19.3 Å². The van der Waals surface area contributed by atoms with Crippen molar-refractivity contribution in [3.05, 3.63) is 54.0 Å². The van der Waals surface area contributed by atoms with Gasteiger partial charge in [0.25, 0.3) is 0 Å². The fourth-order valence-electron chi connectivity index (χ4n) is 4.02. The summed E-state index contributed by atoms with van der Waals surface area (Å²) in [5.41, 5.74) is 2.73. The van der Waals surface area contributed by atoms with Crippen LogP contribution in [-0.2, 0) is 22.0 Å². The first kappa shape index (κ1) is 20.0. The number of sulfonamides is 1. The van der Waals surface area contributed by atoms with Crippen molar-refractivity contribution >= 4 is 21.2 Å². The minimum Gasteiger partial charge on any atom is -0.308 e. The predicted octanol–water partition coefficient (Wildman–Crippen LogP) is 4.32. The van der Waals surface area contributed by atoms with Crippen molar-refractivity contribution in [1.29, 1.82) is 0 Å². The summed E-state index contributed by atoms with van der Waals surface area (Å²) in [5, 5.41) is 0.